The summed E-state index contributed by atoms with van der Waals surface area (Å²) in [6.07, 6.45) is -0.860. The van der Waals surface area contributed by atoms with Gasteiger partial charge in [-0.1, -0.05) is 6.07 Å². The molecule has 1 amide bonds. The maximum Gasteiger partial charge on any atom is 0.411 e. The van der Waals surface area contributed by atoms with Gasteiger partial charge < -0.3 is 20.4 Å². The maximum absolute atomic E-state index is 11.2. The zero-order chi connectivity index (χ0) is 13.7. The van der Waals surface area contributed by atoms with Crippen LogP contribution in [0.15, 0.2) is 18.2 Å². The van der Waals surface area contributed by atoms with E-state index >= 15 is 0 Å². The van der Waals surface area contributed by atoms with Gasteiger partial charge in [-0.2, -0.15) is 0 Å². The summed E-state index contributed by atoms with van der Waals surface area (Å²) in [7, 11) is 0. The van der Waals surface area contributed by atoms with Crippen LogP contribution in [0.3, 0.4) is 0 Å². The number of benzene rings is 1. The number of hydrogen-bond acceptors (Lipinski definition) is 8. The van der Waals surface area contributed by atoms with Crippen LogP contribution in [-0.2, 0) is 4.74 Å². The van der Waals surface area contributed by atoms with E-state index in [1.54, 1.807) is 6.92 Å². The lowest BCUT2D eigenvalue weighted by Gasteiger charge is -2.39. The zero-order valence-corrected chi connectivity index (χ0v) is 9.36. The maximum atomic E-state index is 11.2. The molecule has 0 saturated heterocycles. The van der Waals surface area contributed by atoms with Gasteiger partial charge in [-0.05, 0) is 19.1 Å². The van der Waals surface area contributed by atoms with E-state index in [0.29, 0.717) is 0 Å². The summed E-state index contributed by atoms with van der Waals surface area (Å²) in [5.41, 5.74) is -1.29. The smallest absolute Gasteiger partial charge is 0.411 e. The van der Waals surface area contributed by atoms with E-state index in [-0.39, 0.29) is 12.3 Å². The SMILES string of the molecule is CCOC(=O)Nc1cccc(N([O-])[O-])c1N(O)O. The zero-order valence-electron chi connectivity index (χ0n) is 9.36. The lowest BCUT2D eigenvalue weighted by Crippen LogP contribution is -2.20. The van der Waals surface area contributed by atoms with Crippen LogP contribution in [0, 0.1) is 10.4 Å². The molecule has 9 heteroatoms. The second-order valence-electron chi connectivity index (χ2n) is 3.07. The highest BCUT2D eigenvalue weighted by Gasteiger charge is 2.14. The molecule has 0 aliphatic rings. The lowest BCUT2D eigenvalue weighted by molar-refractivity contribution is 0.0299. The molecule has 0 heterocycles. The topological polar surface area (TPSA) is 131 Å². The van der Waals surface area contributed by atoms with Gasteiger partial charge in [0.05, 0.1) is 12.3 Å². The minimum absolute atomic E-state index is 0.109. The van der Waals surface area contributed by atoms with E-state index in [4.69, 9.17) is 10.4 Å². The van der Waals surface area contributed by atoms with Crippen LogP contribution < -0.4 is 15.8 Å². The molecule has 1 rings (SSSR count). The first-order valence-corrected chi connectivity index (χ1v) is 4.86. The fraction of sp³-hybridized carbons (Fsp3) is 0.222. The fourth-order valence-electron chi connectivity index (χ4n) is 1.27. The molecule has 0 saturated carbocycles. The predicted octanol–water partition coefficient (Wildman–Crippen LogP) is 1.64. The van der Waals surface area contributed by atoms with E-state index in [9.17, 15) is 15.2 Å². The Kier molecular flexibility index (Phi) is 4.68. The van der Waals surface area contributed by atoms with Crippen LogP contribution >= 0.6 is 0 Å². The van der Waals surface area contributed by atoms with Gasteiger partial charge in [0.25, 0.3) is 0 Å². The number of para-hydroxylation sites is 1. The van der Waals surface area contributed by atoms with Crippen LogP contribution in [-0.4, -0.2) is 23.1 Å². The molecule has 0 spiro atoms. The number of nitrogens with one attached hydrogen (secondary N) is 1. The van der Waals surface area contributed by atoms with Crippen molar-refractivity contribution in [2.45, 2.75) is 6.92 Å². The highest BCUT2D eigenvalue weighted by Crippen LogP contribution is 2.34. The largest absolute Gasteiger partial charge is 0.769 e. The molecule has 0 bridgehead atoms. The highest BCUT2D eigenvalue weighted by molar-refractivity contribution is 5.93. The van der Waals surface area contributed by atoms with Crippen molar-refractivity contribution in [3.8, 4) is 0 Å². The van der Waals surface area contributed by atoms with Gasteiger partial charge in [0.2, 0.25) is 0 Å². The number of anilines is 3. The lowest BCUT2D eigenvalue weighted by atomic mass is 10.2. The summed E-state index contributed by atoms with van der Waals surface area (Å²) in [5.74, 6) is 0. The van der Waals surface area contributed by atoms with Gasteiger partial charge in [-0.25, -0.2) is 4.79 Å². The van der Waals surface area contributed by atoms with Crippen molar-refractivity contribution >= 4 is 23.2 Å². The van der Waals surface area contributed by atoms with E-state index < -0.39 is 27.9 Å². The molecule has 3 N–H and O–H groups in total. The van der Waals surface area contributed by atoms with Gasteiger partial charge in [0, 0.05) is 5.69 Å². The summed E-state index contributed by atoms with van der Waals surface area (Å²) in [5, 5.41) is 40.3. The monoisotopic (exact) mass is 257 g/mol. The molecule has 0 aliphatic carbocycles. The van der Waals surface area contributed by atoms with Gasteiger partial charge >= 0.3 is 6.09 Å². The Morgan fingerprint density at radius 1 is 1.44 bits per heavy atom. The quantitative estimate of drug-likeness (QED) is 0.693. The third-order valence-corrected chi connectivity index (χ3v) is 1.92. The van der Waals surface area contributed by atoms with Crippen molar-refractivity contribution in [1.29, 1.82) is 0 Å². The molecule has 1 aromatic rings. The number of carbonyl (C=O) groups excluding carboxylic acids is 1. The van der Waals surface area contributed by atoms with Crippen LogP contribution in [0.5, 0.6) is 0 Å². The van der Waals surface area contributed by atoms with Gasteiger partial charge in [0.1, 0.15) is 5.69 Å². The number of hydrogen-bond donors (Lipinski definition) is 3. The van der Waals surface area contributed by atoms with Crippen molar-refractivity contribution in [1.82, 2.24) is 0 Å². The minimum Gasteiger partial charge on any atom is -0.769 e. The standard InChI is InChI=1S/C9H11N3O6/c1-2-18-9(13)10-6-4-3-5-7(11(14)15)8(6)12(16)17/h3-5,16-17H,2H2,1H3,(H,10,13)/q-2. The second kappa shape index (κ2) is 6.02. The normalized spacial score (nSPS) is 9.83. The van der Waals surface area contributed by atoms with Crippen molar-refractivity contribution in [3.63, 3.8) is 0 Å². The van der Waals surface area contributed by atoms with E-state index in [2.05, 4.69) is 10.1 Å². The van der Waals surface area contributed by atoms with Crippen LogP contribution in [0.1, 0.15) is 6.92 Å². The van der Waals surface area contributed by atoms with Crippen molar-refractivity contribution in [2.24, 2.45) is 0 Å². The molecular formula is C9H11N3O6-2. The number of carbonyl (C=O) groups is 1. The van der Waals surface area contributed by atoms with Gasteiger partial charge in [0.15, 0.2) is 0 Å². The first-order chi connectivity index (χ1) is 8.47. The molecule has 9 nitrogen and oxygen atoms in total. The molecule has 0 aromatic heterocycles. The van der Waals surface area contributed by atoms with E-state index in [0.717, 1.165) is 6.07 Å². The van der Waals surface area contributed by atoms with Gasteiger partial charge in [-0.15, -0.1) is 5.23 Å². The highest BCUT2D eigenvalue weighted by atomic mass is 16.8. The Hall–Kier alpha value is -2.07. The Balaban J connectivity index is 3.11. The molecule has 0 aliphatic heterocycles. The first-order valence-electron chi connectivity index (χ1n) is 4.86. The fourth-order valence-corrected chi connectivity index (χ4v) is 1.27. The molecule has 18 heavy (non-hydrogen) atoms. The number of ether oxygens (including phenoxy) is 1. The summed E-state index contributed by atoms with van der Waals surface area (Å²) in [6, 6.07) is 3.61. The Morgan fingerprint density at radius 3 is 2.61 bits per heavy atom. The predicted molar refractivity (Wildman–Crippen MR) is 62.4 cm³/mol. The number of nitrogens with zero attached hydrogens (tertiary/aromatic N) is 2. The Labute approximate surface area is 102 Å². The minimum atomic E-state index is -0.860. The van der Waals surface area contributed by atoms with Crippen LogP contribution in [0.2, 0.25) is 0 Å². The summed E-state index contributed by atoms with van der Waals surface area (Å²) in [4.78, 5) is 11.2. The number of rotatable bonds is 4. The van der Waals surface area contributed by atoms with Gasteiger partial charge in [-0.3, -0.25) is 15.7 Å². The molecule has 100 valence electrons. The average molecular weight is 257 g/mol. The van der Waals surface area contributed by atoms with Crippen LogP contribution in [0.25, 0.3) is 0 Å². The number of amides is 1. The summed E-state index contributed by atoms with van der Waals surface area (Å²) >= 11 is 0. The Bertz CT molecular complexity index is 423. The van der Waals surface area contributed by atoms with Crippen molar-refractivity contribution in [2.75, 3.05) is 22.4 Å². The molecular weight excluding hydrogens is 246 g/mol. The molecule has 1 aromatic carbocycles. The second-order valence-corrected chi connectivity index (χ2v) is 3.07. The van der Waals surface area contributed by atoms with Crippen molar-refractivity contribution < 1.29 is 19.9 Å². The van der Waals surface area contributed by atoms with Crippen molar-refractivity contribution in [3.05, 3.63) is 28.6 Å². The summed E-state index contributed by atoms with van der Waals surface area (Å²) < 4.78 is 4.58. The first kappa shape index (κ1) is 14.0. The van der Waals surface area contributed by atoms with E-state index in [1.165, 1.54) is 12.1 Å². The van der Waals surface area contributed by atoms with Crippen LogP contribution in [0.4, 0.5) is 21.9 Å². The third-order valence-electron chi connectivity index (χ3n) is 1.92. The molecule has 0 unspecified atom stereocenters. The molecule has 0 radical (unpaired) electrons. The average Bonchev–Trinajstić information content (AvgIpc) is 2.28. The summed E-state index contributed by atoms with van der Waals surface area (Å²) in [6.45, 7) is 1.69. The Morgan fingerprint density at radius 2 is 2.11 bits per heavy atom. The molecule has 0 atom stereocenters. The van der Waals surface area contributed by atoms with E-state index in [1.807, 2.05) is 0 Å². The molecule has 0 fully saturated rings. The third kappa shape index (κ3) is 3.21.